The maximum Gasteiger partial charge on any atom is 0.488 e. The van der Waals surface area contributed by atoms with Gasteiger partial charge in [0.05, 0.1) is 0 Å². The normalized spacial score (nSPS) is 10.3. The Hall–Kier alpha value is -1.85. The largest absolute Gasteiger partial charge is 0.488 e. The first kappa shape index (κ1) is 13.6. The molecule has 0 bridgehead atoms. The molecule has 0 spiro atoms. The Morgan fingerprint density at radius 1 is 1.11 bits per heavy atom. The molecule has 5 heteroatoms. The molecular formula is C14H15BFNO2. The molecule has 0 aliphatic heterocycles. The smallest absolute Gasteiger partial charge is 0.423 e. The first-order valence-electron chi connectivity index (χ1n) is 5.98. The summed E-state index contributed by atoms with van der Waals surface area (Å²) in [6.07, 6.45) is 0. The topological polar surface area (TPSA) is 43.7 Å². The van der Waals surface area contributed by atoms with Crippen molar-refractivity contribution in [3.63, 3.8) is 0 Å². The van der Waals surface area contributed by atoms with Crippen LogP contribution in [0.25, 0.3) is 0 Å². The van der Waals surface area contributed by atoms with Crippen molar-refractivity contribution in [1.29, 1.82) is 0 Å². The van der Waals surface area contributed by atoms with Crippen molar-refractivity contribution in [3.05, 3.63) is 59.9 Å². The molecule has 2 N–H and O–H groups in total. The van der Waals surface area contributed by atoms with Crippen molar-refractivity contribution in [2.75, 3.05) is 11.9 Å². The SMILES string of the molecule is CN(Cc1cccc(B(O)O)c1)c1ccc(F)cc1. The van der Waals surface area contributed by atoms with Crippen molar-refractivity contribution in [2.24, 2.45) is 0 Å². The average Bonchev–Trinajstić information content (AvgIpc) is 2.39. The lowest BCUT2D eigenvalue weighted by molar-refractivity contribution is 0.425. The monoisotopic (exact) mass is 259 g/mol. The fourth-order valence-corrected chi connectivity index (χ4v) is 1.91. The zero-order chi connectivity index (χ0) is 13.8. The van der Waals surface area contributed by atoms with Gasteiger partial charge in [-0.3, -0.25) is 0 Å². The van der Waals surface area contributed by atoms with E-state index in [2.05, 4.69) is 0 Å². The molecule has 0 fully saturated rings. The summed E-state index contributed by atoms with van der Waals surface area (Å²) in [5.74, 6) is -0.262. The van der Waals surface area contributed by atoms with Crippen LogP contribution in [0.2, 0.25) is 0 Å². The number of rotatable bonds is 4. The van der Waals surface area contributed by atoms with E-state index in [1.165, 1.54) is 12.1 Å². The predicted molar refractivity (Wildman–Crippen MR) is 74.8 cm³/mol. The molecule has 0 heterocycles. The minimum atomic E-state index is -1.46. The van der Waals surface area contributed by atoms with Crippen LogP contribution >= 0.6 is 0 Å². The van der Waals surface area contributed by atoms with Crippen LogP contribution in [-0.4, -0.2) is 24.2 Å². The van der Waals surface area contributed by atoms with Crippen LogP contribution in [0.4, 0.5) is 10.1 Å². The molecule has 0 unspecified atom stereocenters. The molecule has 2 aromatic rings. The standard InChI is InChI=1S/C14H15BFNO2/c1-17(14-7-5-13(16)6-8-14)10-11-3-2-4-12(9-11)15(18)19/h2-9,18-19H,10H2,1H3. The predicted octanol–water partition coefficient (Wildman–Crippen LogP) is 1.14. The Bertz CT molecular complexity index is 545. The third kappa shape index (κ3) is 3.56. The highest BCUT2D eigenvalue weighted by atomic mass is 19.1. The van der Waals surface area contributed by atoms with Gasteiger partial charge >= 0.3 is 7.12 Å². The molecule has 0 radical (unpaired) electrons. The van der Waals surface area contributed by atoms with Crippen LogP contribution in [0.5, 0.6) is 0 Å². The van der Waals surface area contributed by atoms with Crippen LogP contribution in [0, 0.1) is 5.82 Å². The Balaban J connectivity index is 2.12. The van der Waals surface area contributed by atoms with E-state index >= 15 is 0 Å². The highest BCUT2D eigenvalue weighted by molar-refractivity contribution is 6.58. The maximum atomic E-state index is 12.8. The Morgan fingerprint density at radius 3 is 2.42 bits per heavy atom. The highest BCUT2D eigenvalue weighted by Gasteiger charge is 2.11. The molecule has 2 rings (SSSR count). The minimum absolute atomic E-state index is 0.262. The van der Waals surface area contributed by atoms with Gasteiger partial charge < -0.3 is 14.9 Å². The lowest BCUT2D eigenvalue weighted by Gasteiger charge is -2.19. The van der Waals surface area contributed by atoms with Gasteiger partial charge in [0.2, 0.25) is 0 Å². The van der Waals surface area contributed by atoms with Crippen LogP contribution in [-0.2, 0) is 6.54 Å². The van der Waals surface area contributed by atoms with E-state index < -0.39 is 7.12 Å². The molecule has 3 nitrogen and oxygen atoms in total. The van der Waals surface area contributed by atoms with E-state index in [4.69, 9.17) is 10.0 Å². The van der Waals surface area contributed by atoms with Gasteiger partial charge in [0, 0.05) is 19.3 Å². The summed E-state index contributed by atoms with van der Waals surface area (Å²) in [6.45, 7) is 0.603. The Morgan fingerprint density at radius 2 is 1.79 bits per heavy atom. The van der Waals surface area contributed by atoms with Crippen molar-refractivity contribution < 1.29 is 14.4 Å². The van der Waals surface area contributed by atoms with E-state index in [1.54, 1.807) is 30.3 Å². The van der Waals surface area contributed by atoms with Gasteiger partial charge in [-0.2, -0.15) is 0 Å². The summed E-state index contributed by atoms with van der Waals surface area (Å²) < 4.78 is 12.8. The minimum Gasteiger partial charge on any atom is -0.423 e. The van der Waals surface area contributed by atoms with E-state index in [1.807, 2.05) is 18.0 Å². The average molecular weight is 259 g/mol. The lowest BCUT2D eigenvalue weighted by Crippen LogP contribution is -2.30. The van der Waals surface area contributed by atoms with Gasteiger partial charge in [-0.1, -0.05) is 24.3 Å². The molecule has 0 aliphatic carbocycles. The third-order valence-corrected chi connectivity index (χ3v) is 2.94. The van der Waals surface area contributed by atoms with Gasteiger partial charge in [0.1, 0.15) is 5.82 Å². The summed E-state index contributed by atoms with van der Waals surface area (Å²) >= 11 is 0. The van der Waals surface area contributed by atoms with Gasteiger partial charge in [-0.25, -0.2) is 4.39 Å². The third-order valence-electron chi connectivity index (χ3n) is 2.94. The summed E-state index contributed by atoms with van der Waals surface area (Å²) in [5, 5.41) is 18.3. The molecule has 0 saturated carbocycles. The first-order valence-corrected chi connectivity index (χ1v) is 5.98. The van der Waals surface area contributed by atoms with E-state index in [0.717, 1.165) is 11.3 Å². The van der Waals surface area contributed by atoms with Crippen molar-refractivity contribution >= 4 is 18.3 Å². The van der Waals surface area contributed by atoms with Gasteiger partial charge in [0.25, 0.3) is 0 Å². The van der Waals surface area contributed by atoms with Gasteiger partial charge in [-0.15, -0.1) is 0 Å². The summed E-state index contributed by atoms with van der Waals surface area (Å²) in [6, 6.07) is 13.3. The molecule has 2 aromatic carbocycles. The molecule has 0 amide bonds. The van der Waals surface area contributed by atoms with E-state index in [9.17, 15) is 4.39 Å². The molecule has 0 aromatic heterocycles. The number of anilines is 1. The molecular weight excluding hydrogens is 244 g/mol. The number of nitrogens with zero attached hydrogens (tertiary/aromatic N) is 1. The first-order chi connectivity index (χ1) is 9.06. The Labute approximate surface area is 112 Å². The summed E-state index contributed by atoms with van der Waals surface area (Å²) in [5.41, 5.74) is 2.32. The number of halogens is 1. The van der Waals surface area contributed by atoms with Crippen LogP contribution in [0.15, 0.2) is 48.5 Å². The second-order valence-electron chi connectivity index (χ2n) is 4.45. The fourth-order valence-electron chi connectivity index (χ4n) is 1.91. The van der Waals surface area contributed by atoms with Crippen molar-refractivity contribution in [3.8, 4) is 0 Å². The summed E-state index contributed by atoms with van der Waals surface area (Å²) in [4.78, 5) is 1.96. The number of hydrogen-bond acceptors (Lipinski definition) is 3. The summed E-state index contributed by atoms with van der Waals surface area (Å²) in [7, 11) is 0.436. The molecule has 0 aliphatic rings. The number of benzene rings is 2. The van der Waals surface area contributed by atoms with Crippen molar-refractivity contribution in [1.82, 2.24) is 0 Å². The zero-order valence-corrected chi connectivity index (χ0v) is 10.6. The molecule has 19 heavy (non-hydrogen) atoms. The van der Waals surface area contributed by atoms with Gasteiger partial charge in [-0.05, 0) is 35.3 Å². The lowest BCUT2D eigenvalue weighted by atomic mass is 9.79. The van der Waals surface area contributed by atoms with Gasteiger partial charge in [0.15, 0.2) is 0 Å². The van der Waals surface area contributed by atoms with E-state index in [-0.39, 0.29) is 5.82 Å². The van der Waals surface area contributed by atoms with E-state index in [0.29, 0.717) is 12.0 Å². The highest BCUT2D eigenvalue weighted by Crippen LogP contribution is 2.15. The quantitative estimate of drug-likeness (QED) is 0.809. The fraction of sp³-hybridized carbons (Fsp3) is 0.143. The number of hydrogen-bond donors (Lipinski definition) is 2. The molecule has 0 saturated heterocycles. The van der Waals surface area contributed by atoms with Crippen LogP contribution < -0.4 is 10.4 Å². The van der Waals surface area contributed by atoms with Crippen LogP contribution in [0.1, 0.15) is 5.56 Å². The van der Waals surface area contributed by atoms with Crippen molar-refractivity contribution in [2.45, 2.75) is 6.54 Å². The van der Waals surface area contributed by atoms with Crippen LogP contribution in [0.3, 0.4) is 0 Å². The Kier molecular flexibility index (Phi) is 4.19. The zero-order valence-electron chi connectivity index (χ0n) is 10.6. The molecule has 0 atom stereocenters. The maximum absolute atomic E-state index is 12.8. The molecule has 98 valence electrons. The second kappa shape index (κ2) is 5.86. The second-order valence-corrected chi connectivity index (χ2v) is 4.45.